The van der Waals surface area contributed by atoms with Crippen molar-refractivity contribution in [2.24, 2.45) is 5.92 Å². The molecular formula is C15H21NO6S. The van der Waals surface area contributed by atoms with E-state index in [4.69, 9.17) is 5.11 Å². The summed E-state index contributed by atoms with van der Waals surface area (Å²) >= 11 is 0. The van der Waals surface area contributed by atoms with Crippen molar-refractivity contribution < 1.29 is 27.9 Å². The molecule has 0 heterocycles. The number of carboxylic acids is 1. The van der Waals surface area contributed by atoms with Gasteiger partial charge in [0.05, 0.1) is 18.4 Å². The van der Waals surface area contributed by atoms with Gasteiger partial charge in [-0.05, 0) is 24.0 Å². The largest absolute Gasteiger partial charge is 0.480 e. The summed E-state index contributed by atoms with van der Waals surface area (Å²) in [6, 6.07) is 4.93. The number of hydrogen-bond donors (Lipinski definition) is 2. The Morgan fingerprint density at radius 3 is 2.39 bits per heavy atom. The lowest BCUT2D eigenvalue weighted by Crippen LogP contribution is -2.42. The van der Waals surface area contributed by atoms with Crippen LogP contribution in [0.1, 0.15) is 36.2 Å². The Hall–Kier alpha value is -1.93. The van der Waals surface area contributed by atoms with Crippen LogP contribution >= 0.6 is 0 Å². The second kappa shape index (κ2) is 8.07. The van der Waals surface area contributed by atoms with E-state index in [0.29, 0.717) is 0 Å². The first-order valence-electron chi connectivity index (χ1n) is 7.05. The highest BCUT2D eigenvalue weighted by atomic mass is 32.2. The predicted octanol–water partition coefficient (Wildman–Crippen LogP) is 1.39. The number of benzene rings is 1. The second-order valence-electron chi connectivity index (χ2n) is 5.55. The zero-order chi connectivity index (χ0) is 17.6. The van der Waals surface area contributed by atoms with Crippen LogP contribution in [-0.2, 0) is 25.3 Å². The molecule has 23 heavy (non-hydrogen) atoms. The van der Waals surface area contributed by atoms with Crippen LogP contribution in [0.5, 0.6) is 0 Å². The van der Waals surface area contributed by atoms with Crippen molar-refractivity contribution in [3.63, 3.8) is 0 Å². The normalized spacial score (nSPS) is 12.9. The van der Waals surface area contributed by atoms with E-state index in [1.54, 1.807) is 26.0 Å². The number of carboxylic acid groups (broad SMARTS) is 1. The summed E-state index contributed by atoms with van der Waals surface area (Å²) in [6.07, 6.45) is 0.174. The van der Waals surface area contributed by atoms with Crippen molar-refractivity contribution in [2.45, 2.75) is 32.1 Å². The lowest BCUT2D eigenvalue weighted by molar-refractivity contribution is -0.139. The number of rotatable bonds is 8. The van der Waals surface area contributed by atoms with Crippen LogP contribution in [0.3, 0.4) is 0 Å². The van der Waals surface area contributed by atoms with Crippen molar-refractivity contribution in [2.75, 3.05) is 7.11 Å². The number of hydrogen-bond acceptors (Lipinski definition) is 5. The first-order valence-corrected chi connectivity index (χ1v) is 8.70. The van der Waals surface area contributed by atoms with E-state index in [0.717, 1.165) is 0 Å². The van der Waals surface area contributed by atoms with Crippen molar-refractivity contribution >= 4 is 22.0 Å². The fourth-order valence-electron chi connectivity index (χ4n) is 2.09. The summed E-state index contributed by atoms with van der Waals surface area (Å²) in [7, 11) is -2.72. The lowest BCUT2D eigenvalue weighted by Gasteiger charge is -2.17. The molecule has 0 aliphatic heterocycles. The van der Waals surface area contributed by atoms with Crippen LogP contribution in [0.25, 0.3) is 0 Å². The molecule has 1 aromatic carbocycles. The van der Waals surface area contributed by atoms with Crippen LogP contribution in [0.2, 0.25) is 0 Å². The Labute approximate surface area is 135 Å². The van der Waals surface area contributed by atoms with Gasteiger partial charge in [0.2, 0.25) is 10.0 Å². The highest BCUT2D eigenvalue weighted by Crippen LogP contribution is 2.14. The van der Waals surface area contributed by atoms with E-state index >= 15 is 0 Å². The molecule has 2 N–H and O–H groups in total. The average molecular weight is 343 g/mol. The molecule has 0 saturated carbocycles. The zero-order valence-corrected chi connectivity index (χ0v) is 14.1. The highest BCUT2D eigenvalue weighted by molar-refractivity contribution is 7.88. The van der Waals surface area contributed by atoms with Crippen LogP contribution in [-0.4, -0.2) is 38.6 Å². The van der Waals surface area contributed by atoms with Crippen molar-refractivity contribution in [1.29, 1.82) is 0 Å². The highest BCUT2D eigenvalue weighted by Gasteiger charge is 2.26. The summed E-state index contributed by atoms with van der Waals surface area (Å²) in [5.74, 6) is -2.36. The minimum Gasteiger partial charge on any atom is -0.480 e. The van der Waals surface area contributed by atoms with E-state index < -0.39 is 33.8 Å². The standard InChI is InChI=1S/C15H21NO6S/c1-10(2)8-13(14(17)18)16-23(20,21)9-11-6-4-5-7-12(11)15(19)22-3/h4-7,10,13,16H,8-9H2,1-3H3,(H,17,18). The number of carbonyl (C=O) groups is 2. The smallest absolute Gasteiger partial charge is 0.338 e. The molecule has 0 aliphatic rings. The number of ether oxygens (including phenoxy) is 1. The van der Waals surface area contributed by atoms with E-state index in [9.17, 15) is 18.0 Å². The first kappa shape index (κ1) is 19.1. The van der Waals surface area contributed by atoms with Crippen LogP contribution in [0.4, 0.5) is 0 Å². The molecule has 1 rings (SSSR count). The SMILES string of the molecule is COC(=O)c1ccccc1CS(=O)(=O)NC(CC(C)C)C(=O)O. The van der Waals surface area contributed by atoms with Gasteiger partial charge in [0.25, 0.3) is 0 Å². The Balaban J connectivity index is 2.99. The van der Waals surface area contributed by atoms with Crippen LogP contribution in [0.15, 0.2) is 24.3 Å². The molecular weight excluding hydrogens is 322 g/mol. The number of nitrogens with one attached hydrogen (secondary N) is 1. The Bertz CT molecular complexity index is 668. The molecule has 1 unspecified atom stereocenters. The summed E-state index contributed by atoms with van der Waals surface area (Å²) in [5, 5.41) is 9.13. The third kappa shape index (κ3) is 5.99. The first-order chi connectivity index (χ1) is 10.7. The monoisotopic (exact) mass is 343 g/mol. The van der Waals surface area contributed by atoms with Gasteiger partial charge in [-0.2, -0.15) is 0 Å². The molecule has 1 aromatic rings. The van der Waals surface area contributed by atoms with E-state index in [1.807, 2.05) is 0 Å². The van der Waals surface area contributed by atoms with Crippen molar-refractivity contribution in [3.8, 4) is 0 Å². The summed E-state index contributed by atoms with van der Waals surface area (Å²) in [5.41, 5.74) is 0.386. The van der Waals surface area contributed by atoms with E-state index in [-0.39, 0.29) is 23.5 Å². The Morgan fingerprint density at radius 1 is 1.26 bits per heavy atom. The topological polar surface area (TPSA) is 110 Å². The minimum atomic E-state index is -3.93. The fourth-order valence-corrected chi connectivity index (χ4v) is 3.46. The molecule has 0 aromatic heterocycles. The molecule has 0 saturated heterocycles. The molecule has 1 atom stereocenters. The molecule has 0 spiro atoms. The molecule has 8 heteroatoms. The van der Waals surface area contributed by atoms with Crippen molar-refractivity contribution in [3.05, 3.63) is 35.4 Å². The Kier molecular flexibility index (Phi) is 6.71. The number of carbonyl (C=O) groups excluding carboxylic acids is 1. The second-order valence-corrected chi connectivity index (χ2v) is 7.30. The number of esters is 1. The fraction of sp³-hybridized carbons (Fsp3) is 0.467. The van der Waals surface area contributed by atoms with Crippen molar-refractivity contribution in [1.82, 2.24) is 4.72 Å². The van der Waals surface area contributed by atoms with Crippen LogP contribution < -0.4 is 4.72 Å². The third-order valence-electron chi connectivity index (χ3n) is 3.10. The molecule has 0 amide bonds. The zero-order valence-electron chi connectivity index (χ0n) is 13.3. The van der Waals surface area contributed by atoms with Gasteiger partial charge in [-0.3, -0.25) is 4.79 Å². The van der Waals surface area contributed by atoms with Gasteiger partial charge in [0, 0.05) is 0 Å². The van der Waals surface area contributed by atoms with Gasteiger partial charge < -0.3 is 9.84 Å². The molecule has 0 radical (unpaired) electrons. The maximum atomic E-state index is 12.2. The van der Waals surface area contributed by atoms with E-state index in [2.05, 4.69) is 9.46 Å². The quantitative estimate of drug-likeness (QED) is 0.690. The maximum Gasteiger partial charge on any atom is 0.338 e. The number of sulfonamides is 1. The van der Waals surface area contributed by atoms with E-state index in [1.165, 1.54) is 19.2 Å². The third-order valence-corrected chi connectivity index (χ3v) is 4.43. The molecule has 0 aliphatic carbocycles. The minimum absolute atomic E-state index is 0.0150. The average Bonchev–Trinajstić information content (AvgIpc) is 2.45. The Morgan fingerprint density at radius 2 is 1.87 bits per heavy atom. The number of methoxy groups -OCH3 is 1. The summed E-state index contributed by atoms with van der Waals surface area (Å²) in [6.45, 7) is 3.60. The van der Waals surface area contributed by atoms with Crippen LogP contribution in [0, 0.1) is 5.92 Å². The van der Waals surface area contributed by atoms with Gasteiger partial charge in [-0.15, -0.1) is 0 Å². The lowest BCUT2D eigenvalue weighted by atomic mass is 10.1. The van der Waals surface area contributed by atoms with Gasteiger partial charge in [0.15, 0.2) is 0 Å². The molecule has 0 bridgehead atoms. The molecule has 0 fully saturated rings. The maximum absolute atomic E-state index is 12.2. The predicted molar refractivity (Wildman–Crippen MR) is 84.4 cm³/mol. The summed E-state index contributed by atoms with van der Waals surface area (Å²) in [4.78, 5) is 22.9. The van der Waals surface area contributed by atoms with Gasteiger partial charge in [-0.1, -0.05) is 32.0 Å². The summed E-state index contributed by atoms with van der Waals surface area (Å²) < 4.78 is 31.3. The number of aliphatic carboxylic acids is 1. The molecule has 128 valence electrons. The molecule has 7 nitrogen and oxygen atoms in total. The van der Waals surface area contributed by atoms with Gasteiger partial charge in [-0.25, -0.2) is 17.9 Å². The van der Waals surface area contributed by atoms with Gasteiger partial charge in [0.1, 0.15) is 6.04 Å². The van der Waals surface area contributed by atoms with Gasteiger partial charge >= 0.3 is 11.9 Å².